The molecule has 0 aromatic carbocycles. The molecule has 6 nitrogen and oxygen atoms in total. The fraction of sp³-hybridized carbons (Fsp3) is 1.00. The van der Waals surface area contributed by atoms with E-state index in [4.69, 9.17) is 9.11 Å². The SMILES string of the molecule is C[N+](C)(C)CC(CS(=O)(=O)O)S(=O)O. The van der Waals surface area contributed by atoms with Crippen molar-refractivity contribution in [2.75, 3.05) is 33.4 Å². The molecule has 0 aliphatic carbocycles. The maximum Gasteiger partial charge on any atom is 0.266 e. The van der Waals surface area contributed by atoms with E-state index in [2.05, 4.69) is 0 Å². The zero-order chi connectivity index (χ0) is 11.6. The number of quaternary nitrogens is 1. The van der Waals surface area contributed by atoms with Crippen LogP contribution in [0.3, 0.4) is 0 Å². The average Bonchev–Trinajstić information content (AvgIpc) is 1.78. The zero-order valence-electron chi connectivity index (χ0n) is 8.37. The molecule has 0 rings (SSSR count). The van der Waals surface area contributed by atoms with Crippen LogP contribution >= 0.6 is 0 Å². The minimum atomic E-state index is -4.20. The van der Waals surface area contributed by atoms with Gasteiger partial charge >= 0.3 is 0 Å². The van der Waals surface area contributed by atoms with E-state index in [9.17, 15) is 12.6 Å². The Morgan fingerprint density at radius 3 is 2.00 bits per heavy atom. The molecule has 0 saturated carbocycles. The highest BCUT2D eigenvalue weighted by atomic mass is 32.2. The fourth-order valence-corrected chi connectivity index (χ4v) is 3.15. The molecule has 8 heteroatoms. The van der Waals surface area contributed by atoms with Gasteiger partial charge in [-0.1, -0.05) is 0 Å². The summed E-state index contributed by atoms with van der Waals surface area (Å²) in [5, 5.41) is -0.968. The summed E-state index contributed by atoms with van der Waals surface area (Å²) in [5.74, 6) is -0.689. The molecule has 2 unspecified atom stereocenters. The Labute approximate surface area is 86.5 Å². The van der Waals surface area contributed by atoms with Gasteiger partial charge in [0.1, 0.15) is 5.25 Å². The predicted octanol–water partition coefficient (Wildman–Crippen LogP) is -0.829. The molecule has 0 radical (unpaired) electrons. The highest BCUT2D eigenvalue weighted by Crippen LogP contribution is 2.04. The molecule has 0 saturated heterocycles. The van der Waals surface area contributed by atoms with Crippen molar-refractivity contribution in [3.8, 4) is 0 Å². The highest BCUT2D eigenvalue weighted by Gasteiger charge is 2.27. The van der Waals surface area contributed by atoms with E-state index in [-0.39, 0.29) is 6.54 Å². The minimum Gasteiger partial charge on any atom is -0.330 e. The summed E-state index contributed by atoms with van der Waals surface area (Å²) in [5.41, 5.74) is 0. The lowest BCUT2D eigenvalue weighted by atomic mass is 10.4. The fourth-order valence-electron chi connectivity index (χ4n) is 1.02. The third-order valence-electron chi connectivity index (χ3n) is 1.43. The van der Waals surface area contributed by atoms with Gasteiger partial charge in [-0.05, 0) is 0 Å². The van der Waals surface area contributed by atoms with Crippen molar-refractivity contribution in [1.29, 1.82) is 0 Å². The summed E-state index contributed by atoms with van der Waals surface area (Å²) in [6, 6.07) is 0. The summed E-state index contributed by atoms with van der Waals surface area (Å²) in [7, 11) is 1.10. The molecule has 2 atom stereocenters. The lowest BCUT2D eigenvalue weighted by Crippen LogP contribution is -2.45. The molecule has 0 aromatic heterocycles. The zero-order valence-corrected chi connectivity index (χ0v) is 10.0. The monoisotopic (exact) mass is 246 g/mol. The van der Waals surface area contributed by atoms with Crippen LogP contribution in [0.15, 0.2) is 0 Å². The second-order valence-electron chi connectivity index (χ2n) is 4.12. The number of rotatable bonds is 5. The molecule has 0 spiro atoms. The van der Waals surface area contributed by atoms with Gasteiger partial charge in [-0.25, -0.2) is 4.21 Å². The van der Waals surface area contributed by atoms with Crippen LogP contribution in [-0.4, -0.2) is 64.9 Å². The topological polar surface area (TPSA) is 91.7 Å². The molecule has 0 amide bonds. The van der Waals surface area contributed by atoms with Gasteiger partial charge in [-0.15, -0.1) is 0 Å². The molecule has 0 aliphatic heterocycles. The van der Waals surface area contributed by atoms with Crippen molar-refractivity contribution in [2.24, 2.45) is 0 Å². The summed E-state index contributed by atoms with van der Waals surface area (Å²) in [6.45, 7) is 0.197. The van der Waals surface area contributed by atoms with Crippen LogP contribution in [-0.2, 0) is 21.2 Å². The first-order chi connectivity index (χ1) is 6.01. The molecular weight excluding hydrogens is 230 g/mol. The van der Waals surface area contributed by atoms with E-state index >= 15 is 0 Å². The van der Waals surface area contributed by atoms with E-state index in [0.717, 1.165) is 0 Å². The quantitative estimate of drug-likeness (QED) is 0.375. The molecule has 86 valence electrons. The highest BCUT2D eigenvalue weighted by molar-refractivity contribution is 7.87. The number of nitrogens with zero attached hydrogens (tertiary/aromatic N) is 1. The predicted molar refractivity (Wildman–Crippen MR) is 53.9 cm³/mol. The van der Waals surface area contributed by atoms with Crippen LogP contribution in [0, 0.1) is 0 Å². The first kappa shape index (κ1) is 14.0. The Hall–Kier alpha value is -0.0200. The van der Waals surface area contributed by atoms with Crippen LogP contribution < -0.4 is 0 Å². The van der Waals surface area contributed by atoms with E-state index in [1.165, 1.54) is 0 Å². The van der Waals surface area contributed by atoms with Crippen LogP contribution in [0.25, 0.3) is 0 Å². The Bertz CT molecular complexity index is 305. The van der Waals surface area contributed by atoms with Crippen LogP contribution in [0.5, 0.6) is 0 Å². The van der Waals surface area contributed by atoms with Crippen molar-refractivity contribution in [3.05, 3.63) is 0 Å². The van der Waals surface area contributed by atoms with Crippen LogP contribution in [0.1, 0.15) is 0 Å². The molecular formula is C6H16NO5S2+. The Kier molecular flexibility index (Phi) is 4.66. The van der Waals surface area contributed by atoms with Gasteiger partial charge in [-0.3, -0.25) is 4.55 Å². The van der Waals surface area contributed by atoms with Crippen molar-refractivity contribution < 1.29 is 26.2 Å². The lowest BCUT2D eigenvalue weighted by molar-refractivity contribution is -0.869. The van der Waals surface area contributed by atoms with Gasteiger partial charge in [0.2, 0.25) is 0 Å². The number of hydrogen-bond donors (Lipinski definition) is 2. The van der Waals surface area contributed by atoms with Gasteiger partial charge in [0, 0.05) is 0 Å². The smallest absolute Gasteiger partial charge is 0.266 e. The number of hydrogen-bond acceptors (Lipinski definition) is 3. The van der Waals surface area contributed by atoms with E-state index in [0.29, 0.717) is 4.48 Å². The lowest BCUT2D eigenvalue weighted by Gasteiger charge is -2.26. The first-order valence-corrected chi connectivity index (χ1v) is 6.64. The van der Waals surface area contributed by atoms with E-state index in [1.54, 1.807) is 21.1 Å². The Morgan fingerprint density at radius 1 is 1.36 bits per heavy atom. The van der Waals surface area contributed by atoms with Gasteiger partial charge in [-0.2, -0.15) is 8.42 Å². The second-order valence-corrected chi connectivity index (χ2v) is 6.84. The molecule has 2 N–H and O–H groups in total. The summed E-state index contributed by atoms with van der Waals surface area (Å²) in [6.07, 6.45) is 0. The third kappa shape index (κ3) is 7.39. The standard InChI is InChI=1S/C6H15NO5S2/c1-7(2,3)4-6(13(8)9)5-14(10,11)12/h6H,4-5H2,1-3H3,(H-,8,9,10,11,12)/p+1. The summed E-state index contributed by atoms with van der Waals surface area (Å²) >= 11 is -2.25. The van der Waals surface area contributed by atoms with Crippen molar-refractivity contribution >= 4 is 21.2 Å². The summed E-state index contributed by atoms with van der Waals surface area (Å²) in [4.78, 5) is 0. The maximum absolute atomic E-state index is 10.8. The van der Waals surface area contributed by atoms with Gasteiger partial charge < -0.3 is 9.04 Å². The Balaban J connectivity index is 4.56. The largest absolute Gasteiger partial charge is 0.330 e. The van der Waals surface area contributed by atoms with Crippen molar-refractivity contribution in [1.82, 2.24) is 0 Å². The molecule has 14 heavy (non-hydrogen) atoms. The summed E-state index contributed by atoms with van der Waals surface area (Å²) < 4.78 is 49.6. The Morgan fingerprint density at radius 2 is 1.79 bits per heavy atom. The molecule has 0 heterocycles. The third-order valence-corrected chi connectivity index (χ3v) is 3.35. The van der Waals surface area contributed by atoms with Gasteiger partial charge in [0.25, 0.3) is 10.1 Å². The van der Waals surface area contributed by atoms with Crippen molar-refractivity contribution in [3.63, 3.8) is 0 Å². The molecule has 0 fully saturated rings. The normalized spacial score (nSPS) is 17.8. The van der Waals surface area contributed by atoms with Gasteiger partial charge in [0.15, 0.2) is 11.1 Å². The van der Waals surface area contributed by atoms with Crippen LogP contribution in [0.4, 0.5) is 0 Å². The molecule has 0 bridgehead atoms. The van der Waals surface area contributed by atoms with Crippen LogP contribution in [0.2, 0.25) is 0 Å². The van der Waals surface area contributed by atoms with E-state index in [1.807, 2.05) is 0 Å². The molecule has 0 aromatic rings. The average molecular weight is 246 g/mol. The molecule has 0 aliphatic rings. The minimum absolute atomic E-state index is 0.197. The maximum atomic E-state index is 10.8. The second kappa shape index (κ2) is 4.67. The van der Waals surface area contributed by atoms with E-state index < -0.39 is 32.2 Å². The van der Waals surface area contributed by atoms with Crippen molar-refractivity contribution in [2.45, 2.75) is 5.25 Å². The first-order valence-electron chi connectivity index (χ1n) is 3.86. The van der Waals surface area contributed by atoms with Gasteiger partial charge in [0.05, 0.1) is 33.4 Å².